The molecule has 1 aromatic heterocycles. The van der Waals surface area contributed by atoms with Crippen molar-refractivity contribution >= 4 is 27.9 Å². The van der Waals surface area contributed by atoms with Gasteiger partial charge in [-0.3, -0.25) is 0 Å². The lowest BCUT2D eigenvalue weighted by molar-refractivity contribution is 0.0554. The van der Waals surface area contributed by atoms with E-state index in [1.165, 1.54) is 26.5 Å². The number of pyridine rings is 1. The molecule has 0 aromatic carbocycles. The van der Waals surface area contributed by atoms with Gasteiger partial charge in [0.1, 0.15) is 4.60 Å². The van der Waals surface area contributed by atoms with Crippen molar-refractivity contribution in [2.45, 2.75) is 0 Å². The number of nitrogens with zero attached hydrogens (tertiary/aromatic N) is 1. The molecular weight excluding hydrogens is 266 g/mol. The number of carbonyl (C=O) groups excluding carboxylic acids is 2. The van der Waals surface area contributed by atoms with Crippen LogP contribution in [-0.4, -0.2) is 31.1 Å². The maximum absolute atomic E-state index is 11.3. The lowest BCUT2D eigenvalue weighted by atomic mass is 10.1. The first-order valence-corrected chi connectivity index (χ1v) is 4.71. The molecule has 0 spiro atoms. The third kappa shape index (κ3) is 2.53. The molecule has 1 aromatic rings. The van der Waals surface area contributed by atoms with Gasteiger partial charge >= 0.3 is 11.9 Å². The van der Waals surface area contributed by atoms with E-state index in [-0.39, 0.29) is 11.1 Å². The smallest absolute Gasteiger partial charge is 0.340 e. The molecule has 0 amide bonds. The van der Waals surface area contributed by atoms with Gasteiger partial charge in [-0.05, 0) is 22.0 Å². The normalized spacial score (nSPS) is 9.53. The second-order valence-corrected chi connectivity index (χ2v) is 3.35. The summed E-state index contributed by atoms with van der Waals surface area (Å²) < 4.78 is 9.48. The van der Waals surface area contributed by atoms with E-state index < -0.39 is 11.9 Å². The van der Waals surface area contributed by atoms with Crippen molar-refractivity contribution in [2.24, 2.45) is 0 Å². The van der Waals surface area contributed by atoms with E-state index >= 15 is 0 Å². The van der Waals surface area contributed by atoms with Crippen LogP contribution in [0, 0.1) is 0 Å². The van der Waals surface area contributed by atoms with Gasteiger partial charge in [0, 0.05) is 6.20 Å². The molecule has 15 heavy (non-hydrogen) atoms. The van der Waals surface area contributed by atoms with Crippen LogP contribution in [-0.2, 0) is 9.47 Å². The summed E-state index contributed by atoms with van der Waals surface area (Å²) >= 11 is 3.09. The van der Waals surface area contributed by atoms with E-state index in [1.807, 2.05) is 0 Å². The fourth-order valence-corrected chi connectivity index (χ4v) is 1.31. The molecule has 0 aliphatic rings. The minimum absolute atomic E-state index is 0.0764. The van der Waals surface area contributed by atoms with Crippen LogP contribution in [0.15, 0.2) is 16.9 Å². The number of hydrogen-bond acceptors (Lipinski definition) is 5. The highest BCUT2D eigenvalue weighted by Crippen LogP contribution is 2.15. The molecule has 0 aliphatic heterocycles. The summed E-state index contributed by atoms with van der Waals surface area (Å²) in [6.07, 6.45) is 1.25. The van der Waals surface area contributed by atoms with Crippen molar-refractivity contribution in [3.63, 3.8) is 0 Å². The topological polar surface area (TPSA) is 65.5 Å². The molecule has 1 rings (SSSR count). The first kappa shape index (κ1) is 11.6. The average molecular weight is 274 g/mol. The summed E-state index contributed by atoms with van der Waals surface area (Å²) in [5.74, 6) is -1.24. The van der Waals surface area contributed by atoms with Crippen molar-refractivity contribution in [1.29, 1.82) is 0 Å². The van der Waals surface area contributed by atoms with Gasteiger partial charge in [0.15, 0.2) is 0 Å². The van der Waals surface area contributed by atoms with Gasteiger partial charge in [-0.15, -0.1) is 0 Å². The summed E-state index contributed by atoms with van der Waals surface area (Å²) in [7, 11) is 2.46. The number of hydrogen-bond donors (Lipinski definition) is 0. The molecule has 0 aliphatic carbocycles. The van der Waals surface area contributed by atoms with Gasteiger partial charge in [0.25, 0.3) is 0 Å². The number of ether oxygens (including phenoxy) is 2. The van der Waals surface area contributed by atoms with Gasteiger partial charge in [-0.1, -0.05) is 0 Å². The molecule has 80 valence electrons. The Morgan fingerprint density at radius 3 is 2.27 bits per heavy atom. The van der Waals surface area contributed by atoms with E-state index in [0.29, 0.717) is 4.60 Å². The van der Waals surface area contributed by atoms with E-state index in [1.54, 1.807) is 0 Å². The van der Waals surface area contributed by atoms with Crippen molar-refractivity contribution in [3.8, 4) is 0 Å². The van der Waals surface area contributed by atoms with Gasteiger partial charge in [-0.25, -0.2) is 14.6 Å². The van der Waals surface area contributed by atoms with Gasteiger partial charge in [0.2, 0.25) is 0 Å². The molecule has 0 saturated carbocycles. The number of carbonyl (C=O) groups is 2. The van der Waals surface area contributed by atoms with Crippen LogP contribution in [0.25, 0.3) is 0 Å². The summed E-state index contributed by atoms with van der Waals surface area (Å²) in [5, 5.41) is 0. The van der Waals surface area contributed by atoms with Gasteiger partial charge in [-0.2, -0.15) is 0 Å². The summed E-state index contributed by atoms with van der Waals surface area (Å²) in [6, 6.07) is 1.40. The Morgan fingerprint density at radius 2 is 1.73 bits per heavy atom. The second-order valence-electron chi connectivity index (χ2n) is 2.54. The van der Waals surface area contributed by atoms with Crippen LogP contribution in [0.4, 0.5) is 0 Å². The van der Waals surface area contributed by atoms with E-state index in [0.717, 1.165) is 0 Å². The van der Waals surface area contributed by atoms with Gasteiger partial charge in [0.05, 0.1) is 25.3 Å². The standard InChI is InChI=1S/C9H8BrNO4/c1-14-8(12)5-3-7(10)11-4-6(5)9(13)15-2/h3-4H,1-2H3. The highest BCUT2D eigenvalue weighted by atomic mass is 79.9. The molecule has 1 heterocycles. The molecule has 0 fully saturated rings. The highest BCUT2D eigenvalue weighted by Gasteiger charge is 2.19. The first-order valence-electron chi connectivity index (χ1n) is 3.92. The Hall–Kier alpha value is -1.43. The molecule has 0 bridgehead atoms. The highest BCUT2D eigenvalue weighted by molar-refractivity contribution is 9.10. The second kappa shape index (κ2) is 4.88. The van der Waals surface area contributed by atoms with Crippen LogP contribution in [0.5, 0.6) is 0 Å². The average Bonchev–Trinajstić information content (AvgIpc) is 2.26. The maximum Gasteiger partial charge on any atom is 0.340 e. The number of methoxy groups -OCH3 is 2. The van der Waals surface area contributed by atoms with Gasteiger partial charge < -0.3 is 9.47 Å². The number of halogens is 1. The lowest BCUT2D eigenvalue weighted by Gasteiger charge is -2.05. The van der Waals surface area contributed by atoms with E-state index in [9.17, 15) is 9.59 Å². The van der Waals surface area contributed by atoms with Crippen LogP contribution in [0.1, 0.15) is 20.7 Å². The van der Waals surface area contributed by atoms with Crippen LogP contribution < -0.4 is 0 Å². The third-order valence-corrected chi connectivity index (χ3v) is 2.11. The summed E-state index contributed by atoms with van der Waals surface area (Å²) in [5.41, 5.74) is 0.193. The fraction of sp³-hybridized carbons (Fsp3) is 0.222. The lowest BCUT2D eigenvalue weighted by Crippen LogP contribution is -2.12. The van der Waals surface area contributed by atoms with Crippen molar-refractivity contribution in [1.82, 2.24) is 4.98 Å². The minimum Gasteiger partial charge on any atom is -0.465 e. The number of rotatable bonds is 2. The molecule has 0 unspecified atom stereocenters. The molecule has 0 radical (unpaired) electrons. The predicted octanol–water partition coefficient (Wildman–Crippen LogP) is 1.42. The fourth-order valence-electron chi connectivity index (χ4n) is 0.981. The monoisotopic (exact) mass is 273 g/mol. The van der Waals surface area contributed by atoms with Crippen molar-refractivity contribution in [2.75, 3.05) is 14.2 Å². The largest absolute Gasteiger partial charge is 0.465 e. The Bertz CT molecular complexity index is 405. The minimum atomic E-state index is -0.629. The maximum atomic E-state index is 11.3. The SMILES string of the molecule is COC(=O)c1cnc(Br)cc1C(=O)OC. The number of esters is 2. The molecule has 0 saturated heterocycles. The number of aromatic nitrogens is 1. The van der Waals surface area contributed by atoms with Crippen LogP contribution >= 0.6 is 15.9 Å². The molecule has 5 nitrogen and oxygen atoms in total. The third-order valence-electron chi connectivity index (χ3n) is 1.68. The van der Waals surface area contributed by atoms with Crippen LogP contribution in [0.2, 0.25) is 0 Å². The zero-order chi connectivity index (χ0) is 11.4. The molecule has 0 atom stereocenters. The van der Waals surface area contributed by atoms with E-state index in [2.05, 4.69) is 30.4 Å². The molecule has 6 heteroatoms. The molecule has 0 N–H and O–H groups in total. The zero-order valence-corrected chi connectivity index (χ0v) is 9.70. The van der Waals surface area contributed by atoms with Crippen LogP contribution in [0.3, 0.4) is 0 Å². The first-order chi connectivity index (χ1) is 7.10. The Labute approximate surface area is 94.5 Å². The summed E-state index contributed by atoms with van der Waals surface area (Å²) in [4.78, 5) is 26.4. The molecular formula is C9H8BrNO4. The van der Waals surface area contributed by atoms with Crippen molar-refractivity contribution < 1.29 is 19.1 Å². The zero-order valence-electron chi connectivity index (χ0n) is 8.11. The predicted molar refractivity (Wildman–Crippen MR) is 54.6 cm³/mol. The Kier molecular flexibility index (Phi) is 3.79. The van der Waals surface area contributed by atoms with E-state index in [4.69, 9.17) is 0 Å². The van der Waals surface area contributed by atoms with Crippen molar-refractivity contribution in [3.05, 3.63) is 28.0 Å². The Morgan fingerprint density at radius 1 is 1.20 bits per heavy atom. The summed E-state index contributed by atoms with van der Waals surface area (Å²) in [6.45, 7) is 0. The Balaban J connectivity index is 3.26. The quantitative estimate of drug-likeness (QED) is 0.602.